The van der Waals surface area contributed by atoms with E-state index in [1.807, 2.05) is 0 Å². The van der Waals surface area contributed by atoms with Gasteiger partial charge < -0.3 is 20.9 Å². The van der Waals surface area contributed by atoms with Gasteiger partial charge in [0.1, 0.15) is 11.0 Å². The molecule has 4 atom stereocenters. The number of amides is 1. The first-order valence-electron chi connectivity index (χ1n) is 9.85. The van der Waals surface area contributed by atoms with Gasteiger partial charge in [-0.15, -0.1) is 0 Å². The first kappa shape index (κ1) is 20.2. The van der Waals surface area contributed by atoms with Gasteiger partial charge in [0.05, 0.1) is 12.2 Å². The van der Waals surface area contributed by atoms with E-state index in [2.05, 4.69) is 12.2 Å². The van der Waals surface area contributed by atoms with E-state index in [0.717, 1.165) is 12.8 Å². The van der Waals surface area contributed by atoms with E-state index in [4.69, 9.17) is 10.5 Å². The van der Waals surface area contributed by atoms with Crippen LogP contribution in [0, 0.1) is 5.41 Å². The molecule has 25 heavy (non-hydrogen) atoms. The fourth-order valence-electron chi connectivity index (χ4n) is 4.30. The molecule has 2 aliphatic rings. The molecular weight excluding hydrogens is 320 g/mol. The normalized spacial score (nSPS) is 33.6. The van der Waals surface area contributed by atoms with Crippen LogP contribution < -0.4 is 11.1 Å². The number of aliphatic carboxylic acids is 1. The van der Waals surface area contributed by atoms with Crippen LogP contribution in [-0.4, -0.2) is 41.3 Å². The maximum atomic E-state index is 12.7. The zero-order valence-corrected chi connectivity index (χ0v) is 15.7. The lowest BCUT2D eigenvalue weighted by Gasteiger charge is -2.41. The van der Waals surface area contributed by atoms with Crippen molar-refractivity contribution < 1.29 is 19.4 Å². The van der Waals surface area contributed by atoms with E-state index < -0.39 is 29.1 Å². The van der Waals surface area contributed by atoms with E-state index in [0.29, 0.717) is 19.4 Å². The summed E-state index contributed by atoms with van der Waals surface area (Å²) in [6, 6.07) is 0. The van der Waals surface area contributed by atoms with Crippen molar-refractivity contribution in [1.29, 1.82) is 0 Å². The maximum absolute atomic E-state index is 12.7. The van der Waals surface area contributed by atoms with Crippen molar-refractivity contribution in [3.63, 3.8) is 0 Å². The Morgan fingerprint density at radius 3 is 2.24 bits per heavy atom. The number of carbonyl (C=O) groups excluding carboxylic acids is 1. The van der Waals surface area contributed by atoms with Gasteiger partial charge in [0.15, 0.2) is 0 Å². The summed E-state index contributed by atoms with van der Waals surface area (Å²) < 4.78 is 5.71. The molecule has 6 nitrogen and oxygen atoms in total. The second kappa shape index (κ2) is 8.49. The third kappa shape index (κ3) is 3.70. The van der Waals surface area contributed by atoms with Crippen molar-refractivity contribution in [1.82, 2.24) is 5.32 Å². The second-order valence-corrected chi connectivity index (χ2v) is 7.80. The minimum absolute atomic E-state index is 0.382. The van der Waals surface area contributed by atoms with Crippen LogP contribution >= 0.6 is 0 Å². The molecule has 1 amide bonds. The smallest absolute Gasteiger partial charge is 0.314 e. The monoisotopic (exact) mass is 354 g/mol. The molecule has 4 unspecified atom stereocenters. The maximum Gasteiger partial charge on any atom is 0.314 e. The zero-order chi connectivity index (χ0) is 18.5. The van der Waals surface area contributed by atoms with Crippen molar-refractivity contribution in [3.05, 3.63) is 0 Å². The summed E-state index contributed by atoms with van der Waals surface area (Å²) in [6.45, 7) is 4.30. The molecule has 4 N–H and O–H groups in total. The molecule has 2 bridgehead atoms. The van der Waals surface area contributed by atoms with Gasteiger partial charge in [0, 0.05) is 6.54 Å². The van der Waals surface area contributed by atoms with E-state index in [1.165, 1.54) is 38.5 Å². The van der Waals surface area contributed by atoms with Crippen molar-refractivity contribution in [2.45, 2.75) is 95.8 Å². The third-order valence-corrected chi connectivity index (χ3v) is 6.17. The number of hydrogen-bond donors (Lipinski definition) is 3. The van der Waals surface area contributed by atoms with Crippen LogP contribution in [0.2, 0.25) is 0 Å². The molecule has 0 radical (unpaired) electrons. The Labute approximate surface area is 150 Å². The number of hydrogen-bond acceptors (Lipinski definition) is 4. The number of fused-ring (bicyclic) bond motifs is 2. The Balaban J connectivity index is 1.76. The summed E-state index contributed by atoms with van der Waals surface area (Å²) in [7, 11) is 0. The van der Waals surface area contributed by atoms with Gasteiger partial charge in [0.2, 0.25) is 5.91 Å². The Morgan fingerprint density at radius 1 is 1.08 bits per heavy atom. The number of carboxylic acids is 1. The summed E-state index contributed by atoms with van der Waals surface area (Å²) in [6.07, 6.45) is 9.85. The minimum Gasteiger partial charge on any atom is -0.481 e. The lowest BCUT2D eigenvalue weighted by atomic mass is 9.62. The first-order valence-corrected chi connectivity index (χ1v) is 9.85. The molecular formula is C19H34N2O4. The van der Waals surface area contributed by atoms with Crippen molar-refractivity contribution >= 4 is 11.9 Å². The molecule has 6 heteroatoms. The van der Waals surface area contributed by atoms with Crippen molar-refractivity contribution in [2.24, 2.45) is 11.1 Å². The molecule has 2 saturated heterocycles. The fourth-order valence-corrected chi connectivity index (χ4v) is 4.30. The summed E-state index contributed by atoms with van der Waals surface area (Å²) in [5, 5.41) is 12.5. The van der Waals surface area contributed by atoms with Gasteiger partial charge in [-0.25, -0.2) is 0 Å². The number of nitrogens with one attached hydrogen (secondary N) is 1. The Bertz CT molecular complexity index is 484. The highest BCUT2D eigenvalue weighted by Crippen LogP contribution is 2.53. The molecule has 0 aromatic rings. The summed E-state index contributed by atoms with van der Waals surface area (Å²) >= 11 is 0. The standard InChI is InChI=1S/C19H34N2O4/c1-3-4-5-6-7-8-9-10-13-21-16(22)19(20)15-12-11-14(25-15)18(19,2)17(23)24/h14-15H,3-13,20H2,1-2H3,(H,21,22)(H,23,24). The van der Waals surface area contributed by atoms with E-state index in [1.54, 1.807) is 6.92 Å². The summed E-state index contributed by atoms with van der Waals surface area (Å²) in [4.78, 5) is 24.5. The van der Waals surface area contributed by atoms with Gasteiger partial charge in [-0.1, -0.05) is 51.9 Å². The van der Waals surface area contributed by atoms with Crippen LogP contribution in [0.1, 0.15) is 78.1 Å². The highest BCUT2D eigenvalue weighted by Gasteiger charge is 2.72. The molecule has 2 aliphatic heterocycles. The van der Waals surface area contributed by atoms with E-state index >= 15 is 0 Å². The van der Waals surface area contributed by atoms with E-state index in [-0.39, 0.29) is 5.91 Å². The lowest BCUT2D eigenvalue weighted by molar-refractivity contribution is -0.158. The summed E-state index contributed by atoms with van der Waals surface area (Å²) in [5.74, 6) is -1.43. The number of carboxylic acid groups (broad SMARTS) is 1. The number of carbonyl (C=O) groups is 2. The summed E-state index contributed by atoms with van der Waals surface area (Å²) in [5.41, 5.74) is 3.51. The topological polar surface area (TPSA) is 102 Å². The quantitative estimate of drug-likeness (QED) is 0.495. The number of nitrogens with two attached hydrogens (primary N) is 1. The van der Waals surface area contributed by atoms with Crippen molar-refractivity contribution in [3.8, 4) is 0 Å². The molecule has 0 spiro atoms. The van der Waals surface area contributed by atoms with E-state index in [9.17, 15) is 14.7 Å². The average Bonchev–Trinajstić information content (AvgIpc) is 3.15. The van der Waals surface area contributed by atoms with Gasteiger partial charge in [-0.05, 0) is 26.2 Å². The Kier molecular flexibility index (Phi) is 6.86. The number of ether oxygens (including phenoxy) is 1. The minimum atomic E-state index is -1.48. The molecule has 0 saturated carbocycles. The van der Waals surface area contributed by atoms with Crippen molar-refractivity contribution in [2.75, 3.05) is 6.54 Å². The lowest BCUT2D eigenvalue weighted by Crippen LogP contribution is -2.71. The molecule has 2 rings (SSSR count). The molecule has 2 fully saturated rings. The Hall–Kier alpha value is -1.14. The van der Waals surface area contributed by atoms with Crippen LogP contribution in [0.3, 0.4) is 0 Å². The van der Waals surface area contributed by atoms with Crippen LogP contribution in [-0.2, 0) is 14.3 Å². The molecule has 0 aromatic heterocycles. The van der Waals surface area contributed by atoms with Crippen LogP contribution in [0.25, 0.3) is 0 Å². The van der Waals surface area contributed by atoms with Crippen LogP contribution in [0.5, 0.6) is 0 Å². The molecule has 0 aliphatic carbocycles. The van der Waals surface area contributed by atoms with Gasteiger partial charge in [-0.3, -0.25) is 9.59 Å². The van der Waals surface area contributed by atoms with Crippen LogP contribution in [0.4, 0.5) is 0 Å². The third-order valence-electron chi connectivity index (χ3n) is 6.17. The first-order chi connectivity index (χ1) is 11.9. The highest BCUT2D eigenvalue weighted by molar-refractivity contribution is 5.96. The average molecular weight is 354 g/mol. The van der Waals surface area contributed by atoms with Crippen LogP contribution in [0.15, 0.2) is 0 Å². The predicted octanol–water partition coefficient (Wildman–Crippen LogP) is 2.59. The Morgan fingerprint density at radius 2 is 1.64 bits per heavy atom. The van der Waals surface area contributed by atoms with Gasteiger partial charge >= 0.3 is 5.97 Å². The second-order valence-electron chi connectivity index (χ2n) is 7.80. The predicted molar refractivity (Wildman–Crippen MR) is 96.2 cm³/mol. The molecule has 0 aromatic carbocycles. The zero-order valence-electron chi connectivity index (χ0n) is 15.7. The van der Waals surface area contributed by atoms with Gasteiger partial charge in [-0.2, -0.15) is 0 Å². The number of unbranched alkanes of at least 4 members (excludes halogenated alkanes) is 7. The fraction of sp³-hybridized carbons (Fsp3) is 0.895. The molecule has 2 heterocycles. The SMILES string of the molecule is CCCCCCCCCCNC(=O)C1(N)C2CCC(O2)C1(C)C(=O)O. The van der Waals surface area contributed by atoms with Gasteiger partial charge in [0.25, 0.3) is 0 Å². The highest BCUT2D eigenvalue weighted by atomic mass is 16.5. The largest absolute Gasteiger partial charge is 0.481 e. The molecule has 144 valence electrons. The number of rotatable bonds is 11.